The molecule has 0 aliphatic heterocycles. The first kappa shape index (κ1) is 6.20. The zero-order valence-electron chi connectivity index (χ0n) is 6.17. The number of methoxy groups -OCH3 is 1. The lowest BCUT2D eigenvalue weighted by molar-refractivity contribution is -0.145. The fourth-order valence-corrected chi connectivity index (χ4v) is 2.15. The summed E-state index contributed by atoms with van der Waals surface area (Å²) >= 11 is 0. The van der Waals surface area contributed by atoms with Gasteiger partial charge in [-0.2, -0.15) is 0 Å². The van der Waals surface area contributed by atoms with Crippen LogP contribution in [0.2, 0.25) is 0 Å². The van der Waals surface area contributed by atoms with Gasteiger partial charge in [0.25, 0.3) is 0 Å². The van der Waals surface area contributed by atoms with Gasteiger partial charge in [0, 0.05) is 0 Å². The van der Waals surface area contributed by atoms with E-state index in [0.29, 0.717) is 5.92 Å². The van der Waals surface area contributed by atoms with Crippen molar-refractivity contribution in [2.75, 3.05) is 7.11 Å². The van der Waals surface area contributed by atoms with E-state index in [1.165, 1.54) is 20.0 Å². The van der Waals surface area contributed by atoms with Gasteiger partial charge in [0.2, 0.25) is 0 Å². The van der Waals surface area contributed by atoms with Crippen LogP contribution in [-0.4, -0.2) is 13.1 Å². The predicted octanol–water partition coefficient (Wildman–Crippen LogP) is 1.21. The molecule has 0 unspecified atom stereocenters. The Hall–Kier alpha value is -0.530. The van der Waals surface area contributed by atoms with Crippen LogP contribution in [0.25, 0.3) is 0 Å². The summed E-state index contributed by atoms with van der Waals surface area (Å²) in [5, 5.41) is 0. The average Bonchev–Trinajstić information content (AvgIpc) is 2.62. The van der Waals surface area contributed by atoms with Crippen molar-refractivity contribution in [1.29, 1.82) is 0 Å². The number of carbonyl (C=O) groups excluding carboxylic acids is 1. The Morgan fingerprint density at radius 2 is 2.30 bits per heavy atom. The molecule has 2 heteroatoms. The van der Waals surface area contributed by atoms with Crippen molar-refractivity contribution in [2.24, 2.45) is 17.8 Å². The van der Waals surface area contributed by atoms with Crippen LogP contribution >= 0.6 is 0 Å². The highest BCUT2D eigenvalue weighted by Gasteiger charge is 2.51. The van der Waals surface area contributed by atoms with Crippen LogP contribution in [0.15, 0.2) is 0 Å². The molecule has 0 heterocycles. The van der Waals surface area contributed by atoms with E-state index in [-0.39, 0.29) is 11.9 Å². The Balaban J connectivity index is 1.98. The Bertz CT molecular complexity index is 165. The van der Waals surface area contributed by atoms with E-state index in [9.17, 15) is 4.79 Å². The Morgan fingerprint density at radius 3 is 2.70 bits per heavy atom. The molecule has 2 aliphatic carbocycles. The highest BCUT2D eigenvalue weighted by molar-refractivity contribution is 5.73. The molecule has 0 aromatic heterocycles. The number of hydrogen-bond acceptors (Lipinski definition) is 2. The smallest absolute Gasteiger partial charge is 0.308 e. The highest BCUT2D eigenvalue weighted by Crippen LogP contribution is 2.55. The number of ether oxygens (including phenoxy) is 1. The molecule has 0 saturated heterocycles. The summed E-state index contributed by atoms with van der Waals surface area (Å²) < 4.78 is 4.69. The first-order chi connectivity index (χ1) is 4.83. The maximum absolute atomic E-state index is 11.0. The molecule has 0 N–H and O–H groups in total. The van der Waals surface area contributed by atoms with Crippen LogP contribution in [0, 0.1) is 17.8 Å². The first-order valence-corrected chi connectivity index (χ1v) is 3.90. The normalized spacial score (nSPS) is 42.7. The molecule has 2 aliphatic rings. The van der Waals surface area contributed by atoms with Crippen LogP contribution in [0.5, 0.6) is 0 Å². The minimum Gasteiger partial charge on any atom is -0.469 e. The number of rotatable bonds is 1. The quantitative estimate of drug-likeness (QED) is 0.512. The summed E-state index contributed by atoms with van der Waals surface area (Å²) in [5.74, 6) is 1.86. The molecule has 2 fully saturated rings. The zero-order valence-corrected chi connectivity index (χ0v) is 6.17. The van der Waals surface area contributed by atoms with Crippen molar-refractivity contribution in [1.82, 2.24) is 0 Å². The predicted molar refractivity (Wildman–Crippen MR) is 36.3 cm³/mol. The van der Waals surface area contributed by atoms with Crippen LogP contribution in [-0.2, 0) is 9.53 Å². The van der Waals surface area contributed by atoms with E-state index in [4.69, 9.17) is 4.74 Å². The minimum absolute atomic E-state index is 0.0185. The fourth-order valence-electron chi connectivity index (χ4n) is 2.15. The van der Waals surface area contributed by atoms with Crippen molar-refractivity contribution in [2.45, 2.75) is 19.3 Å². The molecule has 0 aromatic carbocycles. The van der Waals surface area contributed by atoms with Gasteiger partial charge >= 0.3 is 5.97 Å². The summed E-state index contributed by atoms with van der Waals surface area (Å²) in [5.41, 5.74) is 0. The fraction of sp³-hybridized carbons (Fsp3) is 0.875. The monoisotopic (exact) mass is 140 g/mol. The average molecular weight is 140 g/mol. The summed E-state index contributed by atoms with van der Waals surface area (Å²) in [6, 6.07) is 0. The van der Waals surface area contributed by atoms with Gasteiger partial charge in [0.05, 0.1) is 13.0 Å². The van der Waals surface area contributed by atoms with Gasteiger partial charge in [-0.3, -0.25) is 4.79 Å². The highest BCUT2D eigenvalue weighted by atomic mass is 16.5. The molecule has 2 rings (SSSR count). The molecule has 0 bridgehead atoms. The van der Waals surface area contributed by atoms with E-state index in [1.807, 2.05) is 0 Å². The van der Waals surface area contributed by atoms with Crippen molar-refractivity contribution in [3.8, 4) is 0 Å². The molecule has 56 valence electrons. The van der Waals surface area contributed by atoms with Gasteiger partial charge in [-0.05, 0) is 31.1 Å². The SMILES string of the molecule is COC(=O)[C@H]1CC[C@@H]2C[C@@H]21. The standard InChI is InChI=1S/C8H12O2/c1-10-8(9)6-3-2-5-4-7(5)6/h5-7H,2-4H2,1H3/t5-,6+,7+/m1/s1. The van der Waals surface area contributed by atoms with E-state index >= 15 is 0 Å². The lowest BCUT2D eigenvalue weighted by Crippen LogP contribution is -2.15. The van der Waals surface area contributed by atoms with E-state index in [0.717, 1.165) is 12.3 Å². The number of fused-ring (bicyclic) bond motifs is 1. The van der Waals surface area contributed by atoms with Gasteiger partial charge in [0.15, 0.2) is 0 Å². The van der Waals surface area contributed by atoms with Gasteiger partial charge in [-0.1, -0.05) is 0 Å². The molecule has 3 atom stereocenters. The second-order valence-corrected chi connectivity index (χ2v) is 3.37. The molecule has 0 amide bonds. The molecule has 10 heavy (non-hydrogen) atoms. The van der Waals surface area contributed by atoms with Crippen LogP contribution in [0.1, 0.15) is 19.3 Å². The Kier molecular flexibility index (Phi) is 1.22. The van der Waals surface area contributed by atoms with Gasteiger partial charge < -0.3 is 4.74 Å². The summed E-state index contributed by atoms with van der Waals surface area (Å²) in [6.45, 7) is 0. The van der Waals surface area contributed by atoms with Crippen molar-refractivity contribution in [3.05, 3.63) is 0 Å². The Morgan fingerprint density at radius 1 is 1.50 bits per heavy atom. The molecule has 2 nitrogen and oxygen atoms in total. The lowest BCUT2D eigenvalue weighted by atomic mass is 10.0. The van der Waals surface area contributed by atoms with Crippen LogP contribution in [0.3, 0.4) is 0 Å². The minimum atomic E-state index is 0.0185. The van der Waals surface area contributed by atoms with Gasteiger partial charge in [-0.25, -0.2) is 0 Å². The third-order valence-corrected chi connectivity index (χ3v) is 2.85. The third kappa shape index (κ3) is 0.746. The van der Waals surface area contributed by atoms with Gasteiger partial charge in [-0.15, -0.1) is 0 Å². The van der Waals surface area contributed by atoms with Crippen molar-refractivity contribution >= 4 is 5.97 Å². The summed E-state index contributed by atoms with van der Waals surface area (Å²) in [4.78, 5) is 11.0. The molecular weight excluding hydrogens is 128 g/mol. The van der Waals surface area contributed by atoms with E-state index in [2.05, 4.69) is 0 Å². The molecule has 0 spiro atoms. The molecule has 0 aromatic rings. The van der Waals surface area contributed by atoms with Crippen LogP contribution in [0.4, 0.5) is 0 Å². The van der Waals surface area contributed by atoms with Gasteiger partial charge in [0.1, 0.15) is 0 Å². The first-order valence-electron chi connectivity index (χ1n) is 3.90. The Labute approximate surface area is 60.6 Å². The van der Waals surface area contributed by atoms with Crippen LogP contribution < -0.4 is 0 Å². The number of carbonyl (C=O) groups is 1. The van der Waals surface area contributed by atoms with Crippen molar-refractivity contribution < 1.29 is 9.53 Å². The molecule has 2 saturated carbocycles. The third-order valence-electron chi connectivity index (χ3n) is 2.85. The molecular formula is C8H12O2. The second kappa shape index (κ2) is 1.97. The van der Waals surface area contributed by atoms with E-state index < -0.39 is 0 Å². The zero-order chi connectivity index (χ0) is 7.14. The maximum atomic E-state index is 11.0. The van der Waals surface area contributed by atoms with E-state index in [1.54, 1.807) is 0 Å². The topological polar surface area (TPSA) is 26.3 Å². The second-order valence-electron chi connectivity index (χ2n) is 3.37. The number of esters is 1. The molecule has 0 radical (unpaired) electrons. The largest absolute Gasteiger partial charge is 0.469 e. The maximum Gasteiger partial charge on any atom is 0.308 e. The lowest BCUT2D eigenvalue weighted by Gasteiger charge is -2.06. The summed E-state index contributed by atoms with van der Waals surface area (Å²) in [6.07, 6.45) is 3.60. The summed E-state index contributed by atoms with van der Waals surface area (Å²) in [7, 11) is 1.48. The van der Waals surface area contributed by atoms with Crippen molar-refractivity contribution in [3.63, 3.8) is 0 Å². The number of hydrogen-bond donors (Lipinski definition) is 0.